The van der Waals surface area contributed by atoms with Crippen molar-refractivity contribution in [3.8, 4) is 5.75 Å². The first-order valence-corrected chi connectivity index (χ1v) is 11.3. The fourth-order valence-corrected chi connectivity index (χ4v) is 5.06. The van der Waals surface area contributed by atoms with Crippen LogP contribution in [0.2, 0.25) is 0 Å². The minimum Gasteiger partial charge on any atom is -0.486 e. The molecule has 2 unspecified atom stereocenters. The van der Waals surface area contributed by atoms with Crippen LogP contribution in [0.25, 0.3) is 10.8 Å². The van der Waals surface area contributed by atoms with Gasteiger partial charge in [0.15, 0.2) is 5.78 Å². The Morgan fingerprint density at radius 3 is 2.40 bits per heavy atom. The average molecular weight is 487 g/mol. The molecule has 0 aliphatic heterocycles. The average Bonchev–Trinajstić information content (AvgIpc) is 3.57. The maximum Gasteiger partial charge on any atom is 0.417 e. The third-order valence-electron chi connectivity index (χ3n) is 7.24. The Kier molecular flexibility index (Phi) is 5.53. The molecular formula is C26H21F4NO4. The molecule has 2 saturated carbocycles. The van der Waals surface area contributed by atoms with E-state index in [1.54, 1.807) is 18.2 Å². The van der Waals surface area contributed by atoms with E-state index in [1.807, 2.05) is 0 Å². The zero-order valence-corrected chi connectivity index (χ0v) is 18.4. The lowest BCUT2D eigenvalue weighted by Gasteiger charge is -2.38. The molecule has 1 heterocycles. The molecule has 182 valence electrons. The number of alkyl halides is 3. The number of hydrogen-bond donors (Lipinski definition) is 1. The Bertz CT molecular complexity index is 1320. The molecule has 2 atom stereocenters. The molecule has 0 spiro atoms. The summed E-state index contributed by atoms with van der Waals surface area (Å²) in [6, 6.07) is 9.60. The Balaban J connectivity index is 1.46. The van der Waals surface area contributed by atoms with Gasteiger partial charge in [0.05, 0.1) is 22.2 Å². The number of fused-ring (bicyclic) bond motifs is 1. The number of ketones is 1. The number of aromatic nitrogens is 1. The Labute approximate surface area is 197 Å². The maximum absolute atomic E-state index is 14.9. The van der Waals surface area contributed by atoms with Crippen LogP contribution < -0.4 is 4.74 Å². The van der Waals surface area contributed by atoms with Gasteiger partial charge in [-0.1, -0.05) is 30.7 Å². The van der Waals surface area contributed by atoms with Crippen LogP contribution in [0.5, 0.6) is 5.75 Å². The number of Topliss-reactive ketones (excluding diaryl/α,β-unsaturated/α-hetero) is 1. The molecule has 0 bridgehead atoms. The monoisotopic (exact) mass is 487 g/mol. The second kappa shape index (κ2) is 8.32. The highest BCUT2D eigenvalue weighted by molar-refractivity contribution is 6.07. The molecule has 5 nitrogen and oxygen atoms in total. The molecule has 2 fully saturated rings. The number of carbonyl (C=O) groups is 2. The van der Waals surface area contributed by atoms with E-state index in [0.717, 1.165) is 18.6 Å². The van der Waals surface area contributed by atoms with Crippen molar-refractivity contribution in [2.75, 3.05) is 0 Å². The minimum absolute atomic E-state index is 0.000439. The summed E-state index contributed by atoms with van der Waals surface area (Å²) in [6.45, 7) is -0.235. The summed E-state index contributed by atoms with van der Waals surface area (Å²) >= 11 is 0. The lowest BCUT2D eigenvalue weighted by atomic mass is 9.64. The van der Waals surface area contributed by atoms with Crippen molar-refractivity contribution in [1.82, 2.24) is 4.98 Å². The number of benzene rings is 2. The number of carboxylic acids is 1. The van der Waals surface area contributed by atoms with Gasteiger partial charge in [-0.2, -0.15) is 13.2 Å². The van der Waals surface area contributed by atoms with Crippen LogP contribution in [0.4, 0.5) is 17.6 Å². The Morgan fingerprint density at radius 1 is 1.11 bits per heavy atom. The van der Waals surface area contributed by atoms with E-state index >= 15 is 0 Å². The van der Waals surface area contributed by atoms with Gasteiger partial charge in [0.1, 0.15) is 18.2 Å². The summed E-state index contributed by atoms with van der Waals surface area (Å²) < 4.78 is 59.2. The van der Waals surface area contributed by atoms with Crippen LogP contribution in [0.3, 0.4) is 0 Å². The summed E-state index contributed by atoms with van der Waals surface area (Å²) in [5, 5.41) is 10.3. The first-order valence-electron chi connectivity index (χ1n) is 11.3. The lowest BCUT2D eigenvalue weighted by molar-refractivity contribution is -0.156. The van der Waals surface area contributed by atoms with Gasteiger partial charge < -0.3 is 9.84 Å². The summed E-state index contributed by atoms with van der Waals surface area (Å²) in [7, 11) is 0. The van der Waals surface area contributed by atoms with Gasteiger partial charge >= 0.3 is 12.1 Å². The fraction of sp³-hybridized carbons (Fsp3) is 0.346. The van der Waals surface area contributed by atoms with Gasteiger partial charge in [0, 0.05) is 22.9 Å². The molecular weight excluding hydrogens is 466 g/mol. The topological polar surface area (TPSA) is 76.5 Å². The van der Waals surface area contributed by atoms with E-state index in [9.17, 15) is 32.3 Å². The molecule has 0 amide bonds. The van der Waals surface area contributed by atoms with Crippen molar-refractivity contribution in [3.05, 3.63) is 71.3 Å². The van der Waals surface area contributed by atoms with Crippen LogP contribution in [0.15, 0.2) is 48.7 Å². The van der Waals surface area contributed by atoms with Crippen molar-refractivity contribution < 1.29 is 37.0 Å². The second-order valence-corrected chi connectivity index (χ2v) is 9.23. The van der Waals surface area contributed by atoms with Crippen LogP contribution in [0, 0.1) is 23.1 Å². The molecule has 2 aromatic carbocycles. The molecule has 1 aromatic heterocycles. The highest BCUT2D eigenvalue weighted by atomic mass is 19.4. The number of hydrogen-bond acceptors (Lipinski definition) is 4. The predicted molar refractivity (Wildman–Crippen MR) is 117 cm³/mol. The molecule has 1 N–H and O–H groups in total. The number of rotatable bonds is 7. The molecule has 0 radical (unpaired) electrons. The number of halogens is 4. The fourth-order valence-electron chi connectivity index (χ4n) is 5.06. The van der Waals surface area contributed by atoms with E-state index in [0.29, 0.717) is 30.8 Å². The highest BCUT2D eigenvalue weighted by Gasteiger charge is 2.62. The lowest BCUT2D eigenvalue weighted by Crippen LogP contribution is -2.41. The number of carboxylic acid groups (broad SMARTS) is 1. The van der Waals surface area contributed by atoms with Crippen molar-refractivity contribution in [3.63, 3.8) is 0 Å². The van der Waals surface area contributed by atoms with Crippen LogP contribution >= 0.6 is 0 Å². The predicted octanol–water partition coefficient (Wildman–Crippen LogP) is 6.05. The first kappa shape index (κ1) is 23.3. The molecule has 3 aromatic rings. The third kappa shape index (κ3) is 4.02. The van der Waals surface area contributed by atoms with E-state index in [-0.39, 0.29) is 40.7 Å². The van der Waals surface area contributed by atoms with Gasteiger partial charge in [0.25, 0.3) is 0 Å². The largest absolute Gasteiger partial charge is 0.486 e. The van der Waals surface area contributed by atoms with E-state index in [4.69, 9.17) is 4.74 Å². The van der Waals surface area contributed by atoms with Crippen LogP contribution in [0.1, 0.15) is 47.3 Å². The zero-order chi connectivity index (χ0) is 25.0. The molecule has 2 aliphatic rings. The van der Waals surface area contributed by atoms with Crippen LogP contribution in [-0.4, -0.2) is 21.8 Å². The molecule has 0 saturated heterocycles. The smallest absolute Gasteiger partial charge is 0.417 e. The summed E-state index contributed by atoms with van der Waals surface area (Å²) in [6.07, 6.45) is -1.57. The quantitative estimate of drug-likeness (QED) is 0.325. The molecule has 35 heavy (non-hydrogen) atoms. The standard InChI is InChI=1S/C26H21F4NO4/c27-21-11-19(22(32)18-10-20(18)25(24(33)34)8-3-9-25)23(17-5-2-1-4-16(17)21)35-13-15-7-6-14(12-31-15)26(28,29)30/h1-2,4-7,11-12,18,20H,3,8-10,13H2,(H,33,34). The summed E-state index contributed by atoms with van der Waals surface area (Å²) in [5.41, 5.74) is -1.60. The van der Waals surface area contributed by atoms with Crippen molar-refractivity contribution in [2.45, 2.75) is 38.5 Å². The number of nitrogens with zero attached hydrogens (tertiary/aromatic N) is 1. The van der Waals surface area contributed by atoms with E-state index < -0.39 is 34.9 Å². The minimum atomic E-state index is -4.52. The molecule has 2 aliphatic carbocycles. The van der Waals surface area contributed by atoms with E-state index in [1.165, 1.54) is 12.1 Å². The second-order valence-electron chi connectivity index (χ2n) is 9.23. The number of aliphatic carboxylic acids is 1. The van der Waals surface area contributed by atoms with Gasteiger partial charge in [-0.25, -0.2) is 4.39 Å². The SMILES string of the molecule is O=C(c1cc(F)c2ccccc2c1OCc1ccc(C(F)(F)F)cn1)C1CC1C1(C(=O)O)CCC1. The normalized spacial score (nSPS) is 20.8. The van der Waals surface area contributed by atoms with Gasteiger partial charge in [-0.3, -0.25) is 14.6 Å². The van der Waals surface area contributed by atoms with Crippen molar-refractivity contribution >= 4 is 22.5 Å². The number of carbonyl (C=O) groups excluding carboxylic acids is 1. The van der Waals surface area contributed by atoms with E-state index in [2.05, 4.69) is 4.98 Å². The molecule has 9 heteroatoms. The van der Waals surface area contributed by atoms with Gasteiger partial charge in [-0.15, -0.1) is 0 Å². The van der Waals surface area contributed by atoms with Gasteiger partial charge in [0.2, 0.25) is 0 Å². The van der Waals surface area contributed by atoms with Crippen molar-refractivity contribution in [2.24, 2.45) is 17.3 Å². The third-order valence-corrected chi connectivity index (χ3v) is 7.24. The summed E-state index contributed by atoms with van der Waals surface area (Å²) in [5.74, 6) is -2.64. The first-order chi connectivity index (χ1) is 16.6. The maximum atomic E-state index is 14.9. The summed E-state index contributed by atoms with van der Waals surface area (Å²) in [4.78, 5) is 29.1. The van der Waals surface area contributed by atoms with Crippen molar-refractivity contribution in [1.29, 1.82) is 0 Å². The molecule has 5 rings (SSSR count). The zero-order valence-electron chi connectivity index (χ0n) is 18.4. The Morgan fingerprint density at radius 2 is 1.83 bits per heavy atom. The van der Waals surface area contributed by atoms with Gasteiger partial charge in [-0.05, 0) is 43.4 Å². The van der Waals surface area contributed by atoms with Crippen LogP contribution in [-0.2, 0) is 17.6 Å². The Hall–Kier alpha value is -3.49. The number of pyridine rings is 1. The highest BCUT2D eigenvalue weighted by Crippen LogP contribution is 2.61. The number of ether oxygens (including phenoxy) is 1.